The molecule has 0 bridgehead atoms. The Kier molecular flexibility index (Phi) is 6.21. The first-order valence-corrected chi connectivity index (χ1v) is 10.5. The molecular formula is C22H13Cl4N3O2. The molecule has 9 heteroatoms. The van der Waals surface area contributed by atoms with E-state index in [1.165, 1.54) is 12.4 Å². The lowest BCUT2D eigenvalue weighted by molar-refractivity contribution is -0.112. The van der Waals surface area contributed by atoms with Gasteiger partial charge in [-0.15, -0.1) is 0 Å². The van der Waals surface area contributed by atoms with E-state index in [2.05, 4.69) is 10.3 Å². The van der Waals surface area contributed by atoms with Gasteiger partial charge in [0.25, 0.3) is 11.7 Å². The molecule has 1 amide bonds. The molecule has 31 heavy (non-hydrogen) atoms. The number of halogens is 4. The minimum Gasteiger partial charge on any atom is -0.320 e. The Balaban J connectivity index is 1.71. The fraction of sp³-hybridized carbons (Fsp3) is 0.0455. The minimum absolute atomic E-state index is 0.125. The number of amides is 1. The number of hydrogen-bond donors (Lipinski definition) is 1. The van der Waals surface area contributed by atoms with E-state index in [0.717, 1.165) is 11.3 Å². The van der Waals surface area contributed by atoms with Crippen molar-refractivity contribution in [1.29, 1.82) is 0 Å². The third-order valence-corrected chi connectivity index (χ3v) is 5.71. The Labute approximate surface area is 197 Å². The molecule has 0 fully saturated rings. The van der Waals surface area contributed by atoms with Crippen LogP contribution in [0.25, 0.3) is 5.52 Å². The van der Waals surface area contributed by atoms with E-state index in [-0.39, 0.29) is 21.3 Å². The Morgan fingerprint density at radius 3 is 2.26 bits per heavy atom. The van der Waals surface area contributed by atoms with Gasteiger partial charge in [-0.2, -0.15) is 0 Å². The Hall–Kier alpha value is -2.57. The summed E-state index contributed by atoms with van der Waals surface area (Å²) in [6, 6.07) is 12.4. The zero-order valence-corrected chi connectivity index (χ0v) is 18.7. The van der Waals surface area contributed by atoms with Crippen LogP contribution in [0.3, 0.4) is 0 Å². The first-order chi connectivity index (χ1) is 14.8. The van der Waals surface area contributed by atoms with Crippen LogP contribution in [0, 0.1) is 0 Å². The molecule has 0 unspecified atom stereocenters. The van der Waals surface area contributed by atoms with Gasteiger partial charge in [0.05, 0.1) is 26.8 Å². The maximum absolute atomic E-state index is 13.0. The third kappa shape index (κ3) is 4.55. The molecule has 0 saturated heterocycles. The van der Waals surface area contributed by atoms with Crippen LogP contribution >= 0.6 is 46.4 Å². The lowest BCUT2D eigenvalue weighted by Gasteiger charge is -2.07. The number of Topliss-reactive ketones (excluding diaryl/α,β-unsaturated/α-hetero) is 1. The van der Waals surface area contributed by atoms with Crippen LogP contribution in [0.1, 0.15) is 21.6 Å². The van der Waals surface area contributed by atoms with Crippen LogP contribution in [0.4, 0.5) is 5.69 Å². The van der Waals surface area contributed by atoms with Crippen molar-refractivity contribution in [2.75, 3.05) is 5.32 Å². The summed E-state index contributed by atoms with van der Waals surface area (Å²) < 4.78 is 1.83. The van der Waals surface area contributed by atoms with Gasteiger partial charge in [-0.25, -0.2) is 0 Å². The average Bonchev–Trinajstić information content (AvgIpc) is 3.09. The van der Waals surface area contributed by atoms with Crippen molar-refractivity contribution in [3.05, 3.63) is 98.0 Å². The first-order valence-electron chi connectivity index (χ1n) is 9.02. The lowest BCUT2D eigenvalue weighted by atomic mass is 10.1. The van der Waals surface area contributed by atoms with Crippen molar-refractivity contribution in [2.24, 2.45) is 0 Å². The molecular weight excluding hydrogens is 480 g/mol. The molecule has 0 radical (unpaired) electrons. The zero-order chi connectivity index (χ0) is 22.1. The van der Waals surface area contributed by atoms with Crippen LogP contribution in [-0.2, 0) is 11.2 Å². The fourth-order valence-corrected chi connectivity index (χ4v) is 3.94. The SMILES string of the molecule is O=C(Nc1c(Cl)cncc1Cl)C(=O)c1cc(Cc2ccc(Cl)cc2)n2ccc(Cl)cc12. The number of benzene rings is 1. The van der Waals surface area contributed by atoms with Gasteiger partial charge >= 0.3 is 0 Å². The predicted molar refractivity (Wildman–Crippen MR) is 124 cm³/mol. The molecule has 0 atom stereocenters. The van der Waals surface area contributed by atoms with Crippen molar-refractivity contribution in [2.45, 2.75) is 6.42 Å². The van der Waals surface area contributed by atoms with Crippen molar-refractivity contribution in [3.8, 4) is 0 Å². The number of anilines is 1. The molecule has 0 aliphatic heterocycles. The van der Waals surface area contributed by atoms with Crippen molar-refractivity contribution in [3.63, 3.8) is 0 Å². The van der Waals surface area contributed by atoms with Gasteiger partial charge in [-0.1, -0.05) is 58.5 Å². The Morgan fingerprint density at radius 2 is 1.58 bits per heavy atom. The molecule has 4 rings (SSSR count). The molecule has 0 spiro atoms. The summed E-state index contributed by atoms with van der Waals surface area (Å²) in [6.45, 7) is 0. The predicted octanol–water partition coefficient (Wildman–Crippen LogP) is 6.36. The summed E-state index contributed by atoms with van der Waals surface area (Å²) in [5.74, 6) is -1.62. The molecule has 156 valence electrons. The molecule has 1 aromatic carbocycles. The van der Waals surface area contributed by atoms with Crippen molar-refractivity contribution in [1.82, 2.24) is 9.38 Å². The third-order valence-electron chi connectivity index (χ3n) is 4.65. The average molecular weight is 493 g/mol. The number of nitrogens with one attached hydrogen (secondary N) is 1. The maximum atomic E-state index is 13.0. The van der Waals surface area contributed by atoms with Crippen LogP contribution in [-0.4, -0.2) is 21.1 Å². The second kappa shape index (κ2) is 8.89. The largest absolute Gasteiger partial charge is 0.320 e. The summed E-state index contributed by atoms with van der Waals surface area (Å²) >= 11 is 24.2. The van der Waals surface area contributed by atoms with Gasteiger partial charge in [0.1, 0.15) is 0 Å². The van der Waals surface area contributed by atoms with E-state index in [4.69, 9.17) is 46.4 Å². The summed E-state index contributed by atoms with van der Waals surface area (Å²) in [5.41, 5.74) is 2.66. The number of ketones is 1. The molecule has 0 saturated carbocycles. The van der Waals surface area contributed by atoms with E-state index in [0.29, 0.717) is 22.0 Å². The number of aromatic nitrogens is 2. The van der Waals surface area contributed by atoms with Crippen LogP contribution in [0.5, 0.6) is 0 Å². The summed E-state index contributed by atoms with van der Waals surface area (Å²) in [4.78, 5) is 29.5. The smallest absolute Gasteiger partial charge is 0.296 e. The van der Waals surface area contributed by atoms with Crippen molar-refractivity contribution < 1.29 is 9.59 Å². The highest BCUT2D eigenvalue weighted by molar-refractivity contribution is 6.49. The molecule has 4 aromatic rings. The lowest BCUT2D eigenvalue weighted by Crippen LogP contribution is -2.23. The topological polar surface area (TPSA) is 63.5 Å². The Morgan fingerprint density at radius 1 is 0.903 bits per heavy atom. The van der Waals surface area contributed by atoms with Crippen LogP contribution in [0.15, 0.2) is 61.1 Å². The quantitative estimate of drug-likeness (QED) is 0.260. The van der Waals surface area contributed by atoms with E-state index < -0.39 is 11.7 Å². The van der Waals surface area contributed by atoms with Gasteiger partial charge < -0.3 is 9.72 Å². The highest BCUT2D eigenvalue weighted by Crippen LogP contribution is 2.29. The molecule has 5 nitrogen and oxygen atoms in total. The van der Waals surface area contributed by atoms with Crippen molar-refractivity contribution >= 4 is 69.3 Å². The molecule has 3 heterocycles. The standard InChI is InChI=1S/C22H13Cl4N3O2/c23-13-3-1-12(2-4-13)7-15-9-16(19-8-14(24)5-6-29(15)19)21(30)22(31)28-20-17(25)10-27-11-18(20)26/h1-6,8-11H,7H2,(H,27,28,31). The highest BCUT2D eigenvalue weighted by Gasteiger charge is 2.24. The zero-order valence-electron chi connectivity index (χ0n) is 15.7. The number of fused-ring (bicyclic) bond motifs is 1. The molecule has 3 aromatic heterocycles. The first kappa shape index (κ1) is 21.7. The van der Waals surface area contributed by atoms with E-state index >= 15 is 0 Å². The van der Waals surface area contributed by atoms with E-state index in [9.17, 15) is 9.59 Å². The fourth-order valence-electron chi connectivity index (χ4n) is 3.20. The summed E-state index contributed by atoms with van der Waals surface area (Å²) in [5, 5.41) is 3.80. The number of nitrogens with zero attached hydrogens (tertiary/aromatic N) is 2. The molecule has 0 aliphatic rings. The second-order valence-corrected chi connectivity index (χ2v) is 8.40. The number of carbonyl (C=O) groups excluding carboxylic acids is 2. The van der Waals surface area contributed by atoms with Gasteiger partial charge in [-0.3, -0.25) is 14.6 Å². The van der Waals surface area contributed by atoms with Gasteiger partial charge in [0.15, 0.2) is 0 Å². The van der Waals surface area contributed by atoms with Gasteiger partial charge in [-0.05, 0) is 35.9 Å². The van der Waals surface area contributed by atoms with E-state index in [1.54, 1.807) is 36.5 Å². The number of pyridine rings is 2. The molecule has 1 N–H and O–H groups in total. The van der Waals surface area contributed by atoms with Gasteiger partial charge in [0.2, 0.25) is 0 Å². The monoisotopic (exact) mass is 491 g/mol. The number of rotatable bonds is 5. The van der Waals surface area contributed by atoms with Gasteiger partial charge in [0, 0.05) is 40.8 Å². The Bertz CT molecular complexity index is 1300. The van der Waals surface area contributed by atoms with Crippen LogP contribution < -0.4 is 5.32 Å². The maximum Gasteiger partial charge on any atom is 0.296 e. The number of hydrogen-bond acceptors (Lipinski definition) is 3. The second-order valence-electron chi connectivity index (χ2n) is 6.71. The van der Waals surface area contributed by atoms with Crippen LogP contribution in [0.2, 0.25) is 20.1 Å². The minimum atomic E-state index is -0.875. The normalized spacial score (nSPS) is 11.0. The molecule has 0 aliphatic carbocycles. The highest BCUT2D eigenvalue weighted by atomic mass is 35.5. The number of carbonyl (C=O) groups is 2. The summed E-state index contributed by atoms with van der Waals surface area (Å²) in [7, 11) is 0. The van der Waals surface area contributed by atoms with E-state index in [1.807, 2.05) is 16.5 Å². The summed E-state index contributed by atoms with van der Waals surface area (Å²) in [6.07, 6.45) is 4.93.